The van der Waals surface area contributed by atoms with Gasteiger partial charge in [-0.1, -0.05) is 101 Å². The van der Waals surface area contributed by atoms with Gasteiger partial charge in [-0.25, -0.2) is 4.57 Å². The van der Waals surface area contributed by atoms with Gasteiger partial charge in [0.1, 0.15) is 5.52 Å². The number of unbranched alkanes of at least 4 members (excludes halogenated alkanes) is 13. The van der Waals surface area contributed by atoms with Crippen molar-refractivity contribution in [3.63, 3.8) is 0 Å². The molecule has 0 fully saturated rings. The molecule has 2 nitrogen and oxygen atoms in total. The number of fused-ring (bicyclic) bond motifs is 1. The first kappa shape index (κ1) is 23.9. The van der Waals surface area contributed by atoms with Crippen LogP contribution in [0.5, 0.6) is 0 Å². The average Bonchev–Trinajstić information content (AvgIpc) is 2.68. The molecule has 0 aliphatic heterocycles. The second-order valence-electron chi connectivity index (χ2n) is 7.74. The van der Waals surface area contributed by atoms with Gasteiger partial charge in [-0.15, -0.1) is 0 Å². The van der Waals surface area contributed by atoms with Crippen LogP contribution in [0, 0.1) is 0 Å². The maximum Gasteiger partial charge on any atom is 0.286 e. The molecule has 0 spiro atoms. The van der Waals surface area contributed by atoms with Gasteiger partial charge in [0.2, 0.25) is 0 Å². The molecular weight excluding hydrogens is 352 g/mol. The van der Waals surface area contributed by atoms with Crippen molar-refractivity contribution in [2.75, 3.05) is 0 Å². The van der Waals surface area contributed by atoms with Crippen LogP contribution in [-0.4, -0.2) is 4.98 Å². The molecule has 0 saturated heterocycles. The topological polar surface area (TPSA) is 16.8 Å². The first-order chi connectivity index (χ1) is 12.9. The Balaban J connectivity index is 0.00000364. The number of para-hydroxylation sites is 1. The summed E-state index contributed by atoms with van der Waals surface area (Å²) in [5, 5.41) is 1.24. The van der Waals surface area contributed by atoms with Gasteiger partial charge in [-0.3, -0.25) is 0 Å². The summed E-state index contributed by atoms with van der Waals surface area (Å²) in [7, 11) is 0. The molecule has 0 amide bonds. The smallest absolute Gasteiger partial charge is 0.286 e. The van der Waals surface area contributed by atoms with Gasteiger partial charge in [-0.2, -0.15) is 0 Å². The van der Waals surface area contributed by atoms with Crippen molar-refractivity contribution >= 4 is 10.9 Å². The molecular formula is C24H39ClN2. The molecule has 0 radical (unpaired) electrons. The van der Waals surface area contributed by atoms with E-state index >= 15 is 0 Å². The van der Waals surface area contributed by atoms with Crippen LogP contribution in [0.25, 0.3) is 10.9 Å². The van der Waals surface area contributed by atoms with Crippen molar-refractivity contribution in [3.8, 4) is 0 Å². The minimum absolute atomic E-state index is 0. The van der Waals surface area contributed by atoms with Gasteiger partial charge in [0, 0.05) is 0 Å². The molecule has 0 unspecified atom stereocenters. The second kappa shape index (κ2) is 15.9. The molecule has 2 aromatic rings. The van der Waals surface area contributed by atoms with Crippen LogP contribution in [0.4, 0.5) is 0 Å². The largest absolute Gasteiger partial charge is 1.00 e. The summed E-state index contributed by atoms with van der Waals surface area (Å²) in [6.45, 7) is 3.38. The SMILES string of the molecule is CCCCCCCCCCCCCCCC[n+]1cncc2ccccc21.[Cl-]. The Morgan fingerprint density at radius 2 is 1.22 bits per heavy atom. The Morgan fingerprint density at radius 3 is 1.81 bits per heavy atom. The molecule has 3 heteroatoms. The van der Waals surface area contributed by atoms with E-state index in [1.165, 1.54) is 101 Å². The van der Waals surface area contributed by atoms with Gasteiger partial charge in [0.25, 0.3) is 6.33 Å². The number of hydrogen-bond acceptors (Lipinski definition) is 1. The zero-order valence-electron chi connectivity index (χ0n) is 17.3. The number of aryl methyl sites for hydroxylation is 1. The van der Waals surface area contributed by atoms with Crippen LogP contribution in [0.2, 0.25) is 0 Å². The third kappa shape index (κ3) is 10.1. The van der Waals surface area contributed by atoms with E-state index in [0.29, 0.717) is 0 Å². The minimum Gasteiger partial charge on any atom is -1.00 e. The second-order valence-corrected chi connectivity index (χ2v) is 7.74. The van der Waals surface area contributed by atoms with Crippen LogP contribution in [-0.2, 0) is 6.54 Å². The molecule has 0 N–H and O–H groups in total. The predicted molar refractivity (Wildman–Crippen MR) is 112 cm³/mol. The first-order valence-electron chi connectivity index (χ1n) is 11.1. The van der Waals surface area contributed by atoms with Crippen molar-refractivity contribution in [2.45, 2.75) is 103 Å². The number of rotatable bonds is 15. The van der Waals surface area contributed by atoms with Crippen molar-refractivity contribution < 1.29 is 17.0 Å². The van der Waals surface area contributed by atoms with Crippen molar-refractivity contribution in [2.24, 2.45) is 0 Å². The molecule has 1 heterocycles. The van der Waals surface area contributed by atoms with Crippen molar-refractivity contribution in [3.05, 3.63) is 36.8 Å². The lowest BCUT2D eigenvalue weighted by Gasteiger charge is -2.04. The van der Waals surface area contributed by atoms with Gasteiger partial charge in [-0.05, 0) is 25.0 Å². The fraction of sp³-hybridized carbons (Fsp3) is 0.667. The summed E-state index contributed by atoms with van der Waals surface area (Å²) in [4.78, 5) is 4.36. The molecule has 27 heavy (non-hydrogen) atoms. The lowest BCUT2D eigenvalue weighted by molar-refractivity contribution is -0.674. The summed E-state index contributed by atoms with van der Waals surface area (Å²) in [5.74, 6) is 0. The van der Waals surface area contributed by atoms with E-state index in [1.807, 2.05) is 12.5 Å². The van der Waals surface area contributed by atoms with Gasteiger partial charge in [0.05, 0.1) is 11.9 Å². The van der Waals surface area contributed by atoms with Crippen molar-refractivity contribution in [1.82, 2.24) is 4.98 Å². The predicted octanol–water partition coefficient (Wildman–Crippen LogP) is 4.01. The average molecular weight is 391 g/mol. The Bertz CT molecular complexity index is 594. The zero-order valence-corrected chi connectivity index (χ0v) is 18.1. The number of nitrogens with zero attached hydrogens (tertiary/aromatic N) is 2. The minimum atomic E-state index is 0. The highest BCUT2D eigenvalue weighted by Gasteiger charge is 2.05. The Labute approximate surface area is 173 Å². The summed E-state index contributed by atoms with van der Waals surface area (Å²) in [5.41, 5.74) is 1.30. The molecule has 0 atom stereocenters. The molecule has 152 valence electrons. The highest BCUT2D eigenvalue weighted by atomic mass is 35.5. The van der Waals surface area contributed by atoms with Gasteiger partial charge >= 0.3 is 0 Å². The molecule has 1 aromatic carbocycles. The van der Waals surface area contributed by atoms with Crippen LogP contribution >= 0.6 is 0 Å². The van der Waals surface area contributed by atoms with Crippen LogP contribution in [0.15, 0.2) is 36.8 Å². The van der Waals surface area contributed by atoms with Crippen LogP contribution in [0.1, 0.15) is 96.8 Å². The van der Waals surface area contributed by atoms with Gasteiger partial charge < -0.3 is 12.4 Å². The highest BCUT2D eigenvalue weighted by Crippen LogP contribution is 2.13. The number of benzene rings is 1. The summed E-state index contributed by atoms with van der Waals surface area (Å²) in [6, 6.07) is 8.54. The summed E-state index contributed by atoms with van der Waals surface area (Å²) >= 11 is 0. The standard InChI is InChI=1S/C24H39N2.ClH/c1-2-3-4-5-6-7-8-9-10-11-12-13-14-17-20-26-22-25-21-23-18-15-16-19-24(23)26;/h15-16,18-19,21-22H,2-14,17,20H2,1H3;1H/q+1;/p-1. The maximum absolute atomic E-state index is 4.36. The Hall–Kier alpha value is -1.15. The van der Waals surface area contributed by atoms with E-state index in [1.54, 1.807) is 0 Å². The third-order valence-corrected chi connectivity index (χ3v) is 5.42. The lowest BCUT2D eigenvalue weighted by atomic mass is 10.0. The fourth-order valence-corrected chi connectivity index (χ4v) is 3.77. The Morgan fingerprint density at radius 1 is 0.704 bits per heavy atom. The molecule has 0 aliphatic carbocycles. The number of halogens is 1. The van der Waals surface area contributed by atoms with E-state index in [2.05, 4.69) is 40.7 Å². The van der Waals surface area contributed by atoms with Crippen molar-refractivity contribution in [1.29, 1.82) is 0 Å². The van der Waals surface area contributed by atoms with Crippen LogP contribution in [0.3, 0.4) is 0 Å². The van der Waals surface area contributed by atoms with E-state index in [4.69, 9.17) is 0 Å². The molecule has 0 saturated carbocycles. The van der Waals surface area contributed by atoms with E-state index in [0.717, 1.165) is 6.54 Å². The zero-order chi connectivity index (χ0) is 18.3. The van der Waals surface area contributed by atoms with Gasteiger partial charge in [0.15, 0.2) is 6.20 Å². The molecule has 0 aliphatic rings. The molecule has 2 rings (SSSR count). The normalized spacial score (nSPS) is 10.9. The summed E-state index contributed by atoms with van der Waals surface area (Å²) in [6.07, 6.45) is 23.7. The summed E-state index contributed by atoms with van der Waals surface area (Å²) < 4.78 is 2.30. The first-order valence-corrected chi connectivity index (χ1v) is 11.1. The Kier molecular flexibility index (Phi) is 14.0. The van der Waals surface area contributed by atoms with Crippen LogP contribution < -0.4 is 17.0 Å². The fourth-order valence-electron chi connectivity index (χ4n) is 3.77. The quantitative estimate of drug-likeness (QED) is 0.331. The molecule has 0 bridgehead atoms. The monoisotopic (exact) mass is 390 g/mol. The lowest BCUT2D eigenvalue weighted by Crippen LogP contribution is -3.00. The maximum atomic E-state index is 4.36. The number of aromatic nitrogens is 2. The van der Waals surface area contributed by atoms with E-state index < -0.39 is 0 Å². The van der Waals surface area contributed by atoms with E-state index in [9.17, 15) is 0 Å². The highest BCUT2D eigenvalue weighted by molar-refractivity contribution is 5.73. The third-order valence-electron chi connectivity index (χ3n) is 5.42. The number of hydrogen-bond donors (Lipinski definition) is 0. The van der Waals surface area contributed by atoms with E-state index in [-0.39, 0.29) is 12.4 Å². The molecule has 1 aromatic heterocycles.